The summed E-state index contributed by atoms with van der Waals surface area (Å²) in [7, 11) is 0. The molecule has 2 N–H and O–H groups in total. The summed E-state index contributed by atoms with van der Waals surface area (Å²) in [5, 5.41) is 3.86. The van der Waals surface area contributed by atoms with Crippen LogP contribution >= 0.6 is 0 Å². The lowest BCUT2D eigenvalue weighted by Crippen LogP contribution is -2.34. The number of aromatic nitrogens is 4. The fourth-order valence-corrected chi connectivity index (χ4v) is 4.37. The van der Waals surface area contributed by atoms with Crippen LogP contribution in [0.5, 0.6) is 0 Å². The van der Waals surface area contributed by atoms with E-state index in [4.69, 9.17) is 0 Å². The van der Waals surface area contributed by atoms with Crippen molar-refractivity contribution in [2.45, 2.75) is 32.4 Å². The van der Waals surface area contributed by atoms with Gasteiger partial charge in [0.2, 0.25) is 5.91 Å². The highest BCUT2D eigenvalue weighted by Gasteiger charge is 2.15. The summed E-state index contributed by atoms with van der Waals surface area (Å²) >= 11 is 0. The molecular weight excluding hydrogens is 469 g/mol. The quantitative estimate of drug-likeness (QED) is 0.317. The van der Waals surface area contributed by atoms with Gasteiger partial charge in [0.1, 0.15) is 18.1 Å². The molecule has 0 bridgehead atoms. The molecule has 0 atom stereocenters. The van der Waals surface area contributed by atoms with Crippen LogP contribution in [0.2, 0.25) is 0 Å². The Balaban J connectivity index is 1.33. The maximum atomic E-state index is 13.5. The molecule has 0 radical (unpaired) electrons. The molecule has 186 valence electrons. The number of amides is 1. The van der Waals surface area contributed by atoms with Crippen molar-refractivity contribution in [1.29, 1.82) is 0 Å². The van der Waals surface area contributed by atoms with Crippen molar-refractivity contribution in [2.75, 3.05) is 0 Å². The molecule has 0 saturated carbocycles. The monoisotopic (exact) mass is 495 g/mol. The van der Waals surface area contributed by atoms with Crippen LogP contribution in [-0.4, -0.2) is 25.4 Å². The van der Waals surface area contributed by atoms with Crippen molar-refractivity contribution >= 4 is 16.8 Å². The minimum atomic E-state index is -0.299. The van der Waals surface area contributed by atoms with Crippen LogP contribution in [0.15, 0.2) is 90.1 Å². The Morgan fingerprint density at radius 1 is 1.00 bits per heavy atom. The number of hydrogen-bond donors (Lipinski definition) is 2. The van der Waals surface area contributed by atoms with Crippen LogP contribution in [0, 0.1) is 5.82 Å². The van der Waals surface area contributed by atoms with Gasteiger partial charge in [-0.3, -0.25) is 24.1 Å². The van der Waals surface area contributed by atoms with Gasteiger partial charge in [-0.1, -0.05) is 42.5 Å². The predicted molar refractivity (Wildman–Crippen MR) is 140 cm³/mol. The minimum absolute atomic E-state index is 0.135. The van der Waals surface area contributed by atoms with Gasteiger partial charge in [0.25, 0.3) is 5.56 Å². The Bertz CT molecular complexity index is 1560. The minimum Gasteiger partial charge on any atom is -0.357 e. The van der Waals surface area contributed by atoms with E-state index in [-0.39, 0.29) is 23.8 Å². The predicted octanol–water partition coefficient (Wildman–Crippen LogP) is 4.42. The molecule has 8 heteroatoms. The maximum absolute atomic E-state index is 13.5. The van der Waals surface area contributed by atoms with Crippen LogP contribution in [-0.2, 0) is 30.7 Å². The Morgan fingerprint density at radius 3 is 2.68 bits per heavy atom. The number of carbonyl (C=O) groups excluding carboxylic acids is 1. The molecule has 2 aromatic carbocycles. The molecule has 0 spiro atoms. The number of aromatic amines is 1. The number of fused-ring (bicyclic) bond motifs is 1. The topological polar surface area (TPSA) is 92.7 Å². The first-order chi connectivity index (χ1) is 18.1. The zero-order valence-electron chi connectivity index (χ0n) is 20.2. The van der Waals surface area contributed by atoms with Crippen molar-refractivity contribution in [1.82, 2.24) is 24.8 Å². The summed E-state index contributed by atoms with van der Waals surface area (Å²) in [5.41, 5.74) is 4.12. The molecule has 0 aliphatic heterocycles. The number of benzene rings is 2. The third kappa shape index (κ3) is 5.81. The second-order valence-electron chi connectivity index (χ2n) is 8.87. The van der Waals surface area contributed by atoms with Crippen molar-refractivity contribution in [3.63, 3.8) is 0 Å². The first-order valence-corrected chi connectivity index (χ1v) is 12.1. The van der Waals surface area contributed by atoms with Crippen LogP contribution in [0.1, 0.15) is 23.4 Å². The first-order valence-electron chi connectivity index (χ1n) is 12.1. The van der Waals surface area contributed by atoms with Crippen LogP contribution in [0.4, 0.5) is 4.39 Å². The van der Waals surface area contributed by atoms with Gasteiger partial charge in [-0.15, -0.1) is 0 Å². The van der Waals surface area contributed by atoms with Crippen LogP contribution in [0.25, 0.3) is 22.2 Å². The number of H-pyrrole nitrogens is 1. The smallest absolute Gasteiger partial charge is 0.273 e. The molecule has 0 unspecified atom stereocenters. The molecule has 5 rings (SSSR count). The summed E-state index contributed by atoms with van der Waals surface area (Å²) in [4.78, 5) is 38.2. The number of carbonyl (C=O) groups is 1. The summed E-state index contributed by atoms with van der Waals surface area (Å²) in [6.45, 7) is 0.165. The van der Waals surface area contributed by atoms with Gasteiger partial charge in [-0.05, 0) is 54.7 Å². The lowest BCUT2D eigenvalue weighted by atomic mass is 10.1. The Morgan fingerprint density at radius 2 is 1.86 bits per heavy atom. The average molecular weight is 496 g/mol. The highest BCUT2D eigenvalue weighted by molar-refractivity contribution is 5.80. The van der Waals surface area contributed by atoms with E-state index in [1.54, 1.807) is 24.7 Å². The fraction of sp³-hybridized carbons (Fsp3) is 0.172. The number of nitrogens with zero attached hydrogens (tertiary/aromatic N) is 3. The van der Waals surface area contributed by atoms with E-state index in [0.29, 0.717) is 37.2 Å². The number of halogens is 1. The molecule has 0 aliphatic rings. The molecule has 0 saturated heterocycles. The van der Waals surface area contributed by atoms with E-state index in [9.17, 15) is 14.0 Å². The van der Waals surface area contributed by atoms with Crippen LogP contribution < -0.4 is 10.9 Å². The zero-order valence-corrected chi connectivity index (χ0v) is 20.2. The normalized spacial score (nSPS) is 11.1. The molecule has 5 aromatic rings. The molecule has 3 heterocycles. The van der Waals surface area contributed by atoms with E-state index in [0.717, 1.165) is 27.7 Å². The van der Waals surface area contributed by atoms with E-state index in [2.05, 4.69) is 20.3 Å². The summed E-state index contributed by atoms with van der Waals surface area (Å²) < 4.78 is 15.0. The van der Waals surface area contributed by atoms with Gasteiger partial charge in [0.15, 0.2) is 0 Å². The maximum Gasteiger partial charge on any atom is 0.273 e. The Hall–Kier alpha value is -4.59. The number of nitrogens with one attached hydrogen (secondary N) is 2. The van der Waals surface area contributed by atoms with E-state index < -0.39 is 0 Å². The SMILES string of the molecule is O=C(Cn1c(-c2ccccc2)cnc(CCCc2cccc(F)c2)c1=O)NCc1cc2cnccc2[nH]1. The van der Waals surface area contributed by atoms with Crippen LogP contribution in [0.3, 0.4) is 0 Å². The average Bonchev–Trinajstić information content (AvgIpc) is 3.33. The van der Waals surface area contributed by atoms with Gasteiger partial charge < -0.3 is 10.3 Å². The molecule has 7 nitrogen and oxygen atoms in total. The van der Waals surface area contributed by atoms with E-state index in [1.807, 2.05) is 48.5 Å². The number of aryl methyl sites for hydroxylation is 2. The molecule has 0 fully saturated rings. The lowest BCUT2D eigenvalue weighted by molar-refractivity contribution is -0.121. The summed E-state index contributed by atoms with van der Waals surface area (Å²) in [6, 6.07) is 19.7. The summed E-state index contributed by atoms with van der Waals surface area (Å²) in [6.07, 6.45) is 6.80. The molecule has 1 amide bonds. The number of pyridine rings is 1. The molecular formula is C29H26FN5O2. The molecule has 3 aromatic heterocycles. The van der Waals surface area contributed by atoms with Crippen molar-refractivity contribution in [2.24, 2.45) is 0 Å². The van der Waals surface area contributed by atoms with Gasteiger partial charge in [0, 0.05) is 29.0 Å². The second-order valence-corrected chi connectivity index (χ2v) is 8.87. The summed E-state index contributed by atoms with van der Waals surface area (Å²) in [5.74, 6) is -0.562. The highest BCUT2D eigenvalue weighted by Crippen LogP contribution is 2.18. The lowest BCUT2D eigenvalue weighted by Gasteiger charge is -2.14. The Kier molecular flexibility index (Phi) is 7.16. The van der Waals surface area contributed by atoms with Gasteiger partial charge in [0.05, 0.1) is 18.4 Å². The van der Waals surface area contributed by atoms with Crippen molar-refractivity contribution < 1.29 is 9.18 Å². The zero-order chi connectivity index (χ0) is 25.6. The van der Waals surface area contributed by atoms with Gasteiger partial charge in [-0.2, -0.15) is 0 Å². The third-order valence-electron chi connectivity index (χ3n) is 6.22. The third-order valence-corrected chi connectivity index (χ3v) is 6.22. The molecule has 0 aliphatic carbocycles. The van der Waals surface area contributed by atoms with E-state index >= 15 is 0 Å². The van der Waals surface area contributed by atoms with Gasteiger partial charge in [-0.25, -0.2) is 4.39 Å². The van der Waals surface area contributed by atoms with Crippen molar-refractivity contribution in [3.8, 4) is 11.3 Å². The number of hydrogen-bond acceptors (Lipinski definition) is 4. The largest absolute Gasteiger partial charge is 0.357 e. The van der Waals surface area contributed by atoms with Crippen molar-refractivity contribution in [3.05, 3.63) is 118 Å². The second kappa shape index (κ2) is 11.0. The fourth-order valence-electron chi connectivity index (χ4n) is 4.37. The highest BCUT2D eigenvalue weighted by atomic mass is 19.1. The van der Waals surface area contributed by atoms with Gasteiger partial charge >= 0.3 is 0 Å². The molecule has 37 heavy (non-hydrogen) atoms. The standard InChI is InChI=1S/C29H26FN5O2/c30-23-10-4-6-20(14-23)7-5-11-26-29(37)35(27(18-32-26)21-8-2-1-3-9-21)19-28(36)33-17-24-15-22-16-31-13-12-25(22)34-24/h1-4,6,8-10,12-16,18,34H,5,7,11,17,19H2,(H,33,36). The van der Waals surface area contributed by atoms with E-state index in [1.165, 1.54) is 16.7 Å². The number of rotatable bonds is 9. The first kappa shape index (κ1) is 24.1. The Labute approximate surface area is 213 Å².